The summed E-state index contributed by atoms with van der Waals surface area (Å²) in [5.74, 6) is 0.510. The molecule has 1 N–H and O–H groups in total. The van der Waals surface area contributed by atoms with Gasteiger partial charge in [0.1, 0.15) is 5.37 Å². The minimum atomic E-state index is -0.0701. The summed E-state index contributed by atoms with van der Waals surface area (Å²) in [6.45, 7) is 2.64. The Morgan fingerprint density at radius 2 is 1.75 bits per heavy atom. The fourth-order valence-electron chi connectivity index (χ4n) is 5.12. The number of amides is 2. The Kier molecular flexibility index (Phi) is 7.68. The third-order valence-electron chi connectivity index (χ3n) is 7.18. The van der Waals surface area contributed by atoms with Crippen LogP contribution in [-0.4, -0.2) is 22.5 Å². The van der Waals surface area contributed by atoms with Gasteiger partial charge in [0.2, 0.25) is 5.91 Å². The largest absolute Gasteiger partial charge is 0.345 e. The number of carbonyl (C=O) groups excluding carboxylic acids is 2. The van der Waals surface area contributed by atoms with Crippen molar-refractivity contribution in [2.24, 2.45) is 0 Å². The number of aryl methyl sites for hydroxylation is 2. The monoisotopic (exact) mass is 518 g/mol. The van der Waals surface area contributed by atoms with Gasteiger partial charge in [0, 0.05) is 17.1 Å². The topological polar surface area (TPSA) is 49.4 Å². The molecule has 1 saturated heterocycles. The van der Waals surface area contributed by atoms with Crippen molar-refractivity contribution in [3.05, 3.63) is 105 Å². The van der Waals surface area contributed by atoms with E-state index in [-0.39, 0.29) is 23.2 Å². The van der Waals surface area contributed by atoms with Crippen LogP contribution in [-0.2, 0) is 24.2 Å². The normalized spacial score (nSPS) is 18.1. The molecule has 6 heteroatoms. The first kappa shape index (κ1) is 24.9. The van der Waals surface area contributed by atoms with Gasteiger partial charge in [0.25, 0.3) is 5.91 Å². The predicted molar refractivity (Wildman–Crippen MR) is 147 cm³/mol. The van der Waals surface area contributed by atoms with Gasteiger partial charge in [-0.2, -0.15) is 0 Å². The maximum atomic E-state index is 13.1. The molecule has 1 aliphatic carbocycles. The van der Waals surface area contributed by atoms with Crippen LogP contribution in [0.4, 0.5) is 0 Å². The average Bonchev–Trinajstić information content (AvgIpc) is 3.28. The van der Waals surface area contributed by atoms with Crippen molar-refractivity contribution in [1.82, 2.24) is 10.2 Å². The molecule has 3 aromatic carbocycles. The van der Waals surface area contributed by atoms with E-state index in [1.165, 1.54) is 29.5 Å². The zero-order valence-corrected chi connectivity index (χ0v) is 22.1. The number of hydrogen-bond donors (Lipinski definition) is 1. The highest BCUT2D eigenvalue weighted by molar-refractivity contribution is 8.00. The van der Waals surface area contributed by atoms with Crippen LogP contribution in [0.15, 0.2) is 66.7 Å². The highest BCUT2D eigenvalue weighted by Crippen LogP contribution is 2.39. The van der Waals surface area contributed by atoms with Crippen LogP contribution < -0.4 is 5.32 Å². The third-order valence-corrected chi connectivity index (χ3v) is 8.69. The summed E-state index contributed by atoms with van der Waals surface area (Å²) in [5, 5.41) is 3.85. The predicted octanol–water partition coefficient (Wildman–Crippen LogP) is 6.87. The van der Waals surface area contributed by atoms with Crippen LogP contribution in [0.1, 0.15) is 75.8 Å². The number of nitrogens with zero attached hydrogens (tertiary/aromatic N) is 1. The van der Waals surface area contributed by atoms with E-state index in [0.29, 0.717) is 22.9 Å². The minimum absolute atomic E-state index is 0.0118. The van der Waals surface area contributed by atoms with Crippen molar-refractivity contribution in [1.29, 1.82) is 0 Å². The first-order valence-corrected chi connectivity index (χ1v) is 14.1. The Hall–Kier alpha value is -2.76. The average molecular weight is 519 g/mol. The highest BCUT2D eigenvalue weighted by atomic mass is 35.5. The summed E-state index contributed by atoms with van der Waals surface area (Å²) >= 11 is 7.63. The number of nitrogens with one attached hydrogen (secondary N) is 1. The fourth-order valence-corrected chi connectivity index (χ4v) is 6.43. The standard InChI is InChI=1S/C30H31ClN2O2S/c1-2-27(25-14-9-21-5-3-4-6-24(21)17-25)32-29(35)22-10-12-23(13-11-22)30-33(28(34)19-36-30)18-20-7-15-26(31)16-8-20/h7-17,27,30H,2-6,18-19H2,1H3,(H,32,35)/t27-,30+/m1/s1. The molecule has 4 nitrogen and oxygen atoms in total. The number of halogens is 1. The van der Waals surface area contributed by atoms with Crippen molar-refractivity contribution in [2.45, 2.75) is 57.0 Å². The molecular formula is C30H31ClN2O2S. The maximum absolute atomic E-state index is 13.1. The Labute approximate surface area is 222 Å². The molecule has 0 saturated carbocycles. The number of hydrogen-bond acceptors (Lipinski definition) is 3. The van der Waals surface area contributed by atoms with E-state index < -0.39 is 0 Å². The zero-order chi connectivity index (χ0) is 25.1. The molecule has 2 atom stereocenters. The lowest BCUT2D eigenvalue weighted by atomic mass is 9.88. The number of rotatable bonds is 7. The van der Waals surface area contributed by atoms with E-state index in [1.807, 2.05) is 53.4 Å². The van der Waals surface area contributed by atoms with Crippen molar-refractivity contribution in [3.8, 4) is 0 Å². The molecule has 1 aliphatic heterocycles. The number of carbonyl (C=O) groups is 2. The van der Waals surface area contributed by atoms with E-state index in [2.05, 4.69) is 30.4 Å². The van der Waals surface area contributed by atoms with Crippen LogP contribution >= 0.6 is 23.4 Å². The summed E-state index contributed by atoms with van der Waals surface area (Å²) in [6.07, 6.45) is 5.64. The summed E-state index contributed by atoms with van der Waals surface area (Å²) < 4.78 is 0. The molecule has 2 amide bonds. The van der Waals surface area contributed by atoms with Gasteiger partial charge in [-0.15, -0.1) is 11.8 Å². The SMILES string of the molecule is CC[C@@H](NC(=O)c1ccc([C@@H]2SCC(=O)N2Cc2ccc(Cl)cc2)cc1)c1ccc2c(c1)CCCC2. The second-order valence-electron chi connectivity index (χ2n) is 9.60. The van der Waals surface area contributed by atoms with Gasteiger partial charge in [-0.05, 0) is 84.2 Å². The van der Waals surface area contributed by atoms with Crippen molar-refractivity contribution in [2.75, 3.05) is 5.75 Å². The van der Waals surface area contributed by atoms with Crippen LogP contribution in [0.2, 0.25) is 5.02 Å². The van der Waals surface area contributed by atoms with Crippen LogP contribution in [0.25, 0.3) is 0 Å². The van der Waals surface area contributed by atoms with Gasteiger partial charge in [-0.25, -0.2) is 0 Å². The molecule has 0 spiro atoms. The van der Waals surface area contributed by atoms with Gasteiger partial charge in [0.15, 0.2) is 0 Å². The molecule has 2 aliphatic rings. The smallest absolute Gasteiger partial charge is 0.251 e. The Balaban J connectivity index is 1.27. The molecule has 36 heavy (non-hydrogen) atoms. The van der Waals surface area contributed by atoms with Crippen molar-refractivity contribution in [3.63, 3.8) is 0 Å². The quantitative estimate of drug-likeness (QED) is 0.371. The van der Waals surface area contributed by atoms with E-state index in [9.17, 15) is 9.59 Å². The molecule has 1 heterocycles. The highest BCUT2D eigenvalue weighted by Gasteiger charge is 2.32. The van der Waals surface area contributed by atoms with Gasteiger partial charge < -0.3 is 10.2 Å². The van der Waals surface area contributed by atoms with Crippen LogP contribution in [0, 0.1) is 0 Å². The molecule has 0 aromatic heterocycles. The van der Waals surface area contributed by atoms with Crippen LogP contribution in [0.5, 0.6) is 0 Å². The Morgan fingerprint density at radius 3 is 2.47 bits per heavy atom. The lowest BCUT2D eigenvalue weighted by molar-refractivity contribution is -0.128. The number of thioether (sulfide) groups is 1. The Morgan fingerprint density at radius 1 is 1.03 bits per heavy atom. The lowest BCUT2D eigenvalue weighted by Gasteiger charge is -2.25. The van der Waals surface area contributed by atoms with Gasteiger partial charge in [-0.1, -0.05) is 61.0 Å². The summed E-state index contributed by atoms with van der Waals surface area (Å²) in [4.78, 5) is 27.6. The van der Waals surface area contributed by atoms with Crippen molar-refractivity contribution >= 4 is 35.2 Å². The van der Waals surface area contributed by atoms with E-state index in [0.717, 1.165) is 30.4 Å². The zero-order valence-electron chi connectivity index (χ0n) is 20.5. The van der Waals surface area contributed by atoms with Gasteiger partial charge in [-0.3, -0.25) is 9.59 Å². The minimum Gasteiger partial charge on any atom is -0.345 e. The summed E-state index contributed by atoms with van der Waals surface area (Å²) in [6, 6.07) is 22.0. The molecule has 3 aromatic rings. The third kappa shape index (κ3) is 5.47. The maximum Gasteiger partial charge on any atom is 0.251 e. The van der Waals surface area contributed by atoms with Gasteiger partial charge in [0.05, 0.1) is 11.8 Å². The molecule has 1 fully saturated rings. The molecule has 0 bridgehead atoms. The molecule has 0 radical (unpaired) electrons. The second-order valence-corrected chi connectivity index (χ2v) is 11.1. The fraction of sp³-hybridized carbons (Fsp3) is 0.333. The van der Waals surface area contributed by atoms with E-state index in [1.54, 1.807) is 11.8 Å². The first-order chi connectivity index (χ1) is 17.5. The molecular weight excluding hydrogens is 488 g/mol. The van der Waals surface area contributed by atoms with Crippen molar-refractivity contribution < 1.29 is 9.59 Å². The summed E-state index contributed by atoms with van der Waals surface area (Å²) in [5.41, 5.74) is 6.77. The Bertz CT molecular complexity index is 1240. The number of benzene rings is 3. The van der Waals surface area contributed by atoms with E-state index >= 15 is 0 Å². The van der Waals surface area contributed by atoms with Crippen LogP contribution in [0.3, 0.4) is 0 Å². The van der Waals surface area contributed by atoms with E-state index in [4.69, 9.17) is 11.6 Å². The first-order valence-electron chi connectivity index (χ1n) is 12.7. The number of fused-ring (bicyclic) bond motifs is 1. The summed E-state index contributed by atoms with van der Waals surface area (Å²) in [7, 11) is 0. The van der Waals surface area contributed by atoms with Gasteiger partial charge >= 0.3 is 0 Å². The molecule has 5 rings (SSSR count). The molecule has 186 valence electrons. The molecule has 0 unspecified atom stereocenters. The lowest BCUT2D eigenvalue weighted by Crippen LogP contribution is -2.29. The second kappa shape index (κ2) is 11.1.